The smallest absolute Gasteiger partial charge is 0.264 e. The lowest BCUT2D eigenvalue weighted by Crippen LogP contribution is -2.41. The Morgan fingerprint density at radius 2 is 1.84 bits per heavy atom. The number of anilines is 3. The van der Waals surface area contributed by atoms with Crippen LogP contribution in [0.2, 0.25) is 0 Å². The second kappa shape index (κ2) is 10.3. The van der Waals surface area contributed by atoms with E-state index in [0.29, 0.717) is 29.6 Å². The summed E-state index contributed by atoms with van der Waals surface area (Å²) in [6.07, 6.45) is 6.01. The number of aromatic nitrogens is 7. The fraction of sp³-hybridized carbons (Fsp3) is 0.261. The largest absolute Gasteiger partial charge is 0.354 e. The van der Waals surface area contributed by atoms with E-state index in [4.69, 9.17) is 0 Å². The number of sulfonamides is 1. The zero-order valence-electron chi connectivity index (χ0n) is 19.9. The normalized spacial score (nSPS) is 15.8. The van der Waals surface area contributed by atoms with E-state index in [1.807, 2.05) is 11.0 Å². The van der Waals surface area contributed by atoms with Crippen molar-refractivity contribution in [3.8, 4) is 5.82 Å². The van der Waals surface area contributed by atoms with E-state index < -0.39 is 10.0 Å². The number of nitrogens with one attached hydrogen (secondary N) is 2. The molecule has 1 atom stereocenters. The number of aryl methyl sites for hydroxylation is 1. The second-order valence-corrected chi connectivity index (χ2v) is 10.2. The summed E-state index contributed by atoms with van der Waals surface area (Å²) in [4.78, 5) is 26.9. The summed E-state index contributed by atoms with van der Waals surface area (Å²) in [5, 5.41) is 15.4. The first-order valence-corrected chi connectivity index (χ1v) is 13.0. The van der Waals surface area contributed by atoms with Crippen molar-refractivity contribution in [3.05, 3.63) is 67.0 Å². The fourth-order valence-electron chi connectivity index (χ4n) is 3.97. The minimum atomic E-state index is -3.87. The highest BCUT2D eigenvalue weighted by atomic mass is 32.2. The van der Waals surface area contributed by atoms with Gasteiger partial charge in [0.25, 0.3) is 10.0 Å². The van der Waals surface area contributed by atoms with Gasteiger partial charge >= 0.3 is 0 Å². The van der Waals surface area contributed by atoms with Crippen LogP contribution in [-0.2, 0) is 14.8 Å². The highest BCUT2D eigenvalue weighted by Gasteiger charge is 2.27. The first kappa shape index (κ1) is 24.2. The third-order valence-electron chi connectivity index (χ3n) is 5.86. The van der Waals surface area contributed by atoms with Crippen LogP contribution in [0, 0.1) is 12.8 Å². The molecule has 1 aliphatic heterocycles. The Morgan fingerprint density at radius 1 is 1.05 bits per heavy atom. The molecule has 190 valence electrons. The van der Waals surface area contributed by atoms with Crippen LogP contribution in [0.3, 0.4) is 0 Å². The lowest BCUT2D eigenvalue weighted by molar-refractivity contribution is -0.120. The van der Waals surface area contributed by atoms with Gasteiger partial charge in [0.05, 0.1) is 10.8 Å². The molecule has 1 amide bonds. The number of rotatable bonds is 7. The van der Waals surface area contributed by atoms with Crippen molar-refractivity contribution in [2.24, 2.45) is 5.92 Å². The standard InChI is InChI=1S/C23H24N10O3S/c1-16-10-11-25-23(27-16)31-37(35,36)19-6-4-18(5-7-19)28-22(34)17-3-2-12-32(13-17)20-8-9-21(30-29-20)33-15-24-14-26-33/h4-11,14-15,17H,2-3,12-13H2,1H3,(H,28,34)(H,25,27,31). The van der Waals surface area contributed by atoms with Crippen LogP contribution >= 0.6 is 0 Å². The molecule has 0 bridgehead atoms. The van der Waals surface area contributed by atoms with E-state index in [1.165, 1.54) is 29.3 Å². The molecule has 14 heteroatoms. The van der Waals surface area contributed by atoms with Gasteiger partial charge in [0.15, 0.2) is 11.6 Å². The van der Waals surface area contributed by atoms with Gasteiger partial charge in [-0.05, 0) is 62.2 Å². The molecule has 1 aliphatic rings. The van der Waals surface area contributed by atoms with Crippen molar-refractivity contribution in [2.45, 2.75) is 24.7 Å². The molecule has 1 fully saturated rings. The Labute approximate surface area is 213 Å². The van der Waals surface area contributed by atoms with Crippen molar-refractivity contribution < 1.29 is 13.2 Å². The van der Waals surface area contributed by atoms with Crippen molar-refractivity contribution in [2.75, 3.05) is 28.0 Å². The van der Waals surface area contributed by atoms with Gasteiger partial charge in [0.1, 0.15) is 12.7 Å². The lowest BCUT2D eigenvalue weighted by atomic mass is 9.97. The van der Waals surface area contributed by atoms with Crippen molar-refractivity contribution in [3.63, 3.8) is 0 Å². The molecule has 0 saturated carbocycles. The van der Waals surface area contributed by atoms with Gasteiger partial charge in [0.2, 0.25) is 11.9 Å². The molecule has 1 unspecified atom stereocenters. The fourth-order valence-corrected chi connectivity index (χ4v) is 4.92. The Kier molecular flexibility index (Phi) is 6.72. The zero-order chi connectivity index (χ0) is 25.8. The van der Waals surface area contributed by atoms with Crippen molar-refractivity contribution in [1.82, 2.24) is 34.9 Å². The third kappa shape index (κ3) is 5.69. The van der Waals surface area contributed by atoms with E-state index in [1.54, 1.807) is 37.5 Å². The first-order chi connectivity index (χ1) is 17.9. The molecule has 37 heavy (non-hydrogen) atoms. The highest BCUT2D eigenvalue weighted by molar-refractivity contribution is 7.92. The molecule has 4 aromatic rings. The molecule has 2 N–H and O–H groups in total. The number of piperidine rings is 1. The van der Waals surface area contributed by atoms with Gasteiger partial charge in [-0.25, -0.2) is 32.8 Å². The maximum absolute atomic E-state index is 13.0. The SMILES string of the molecule is Cc1ccnc(NS(=O)(=O)c2ccc(NC(=O)C3CCCN(c4ccc(-n5cncn5)nn4)C3)cc2)n1. The molecule has 13 nitrogen and oxygen atoms in total. The van der Waals surface area contributed by atoms with Gasteiger partial charge in [0, 0.05) is 30.7 Å². The molecular formula is C23H24N10O3S. The van der Waals surface area contributed by atoms with Gasteiger partial charge in [-0.2, -0.15) is 5.10 Å². The number of benzene rings is 1. The molecule has 0 aliphatic carbocycles. The van der Waals surface area contributed by atoms with E-state index in [0.717, 1.165) is 19.4 Å². The first-order valence-electron chi connectivity index (χ1n) is 11.5. The third-order valence-corrected chi connectivity index (χ3v) is 7.20. The predicted molar refractivity (Wildman–Crippen MR) is 135 cm³/mol. The monoisotopic (exact) mass is 520 g/mol. The maximum atomic E-state index is 13.0. The molecule has 1 aromatic carbocycles. The summed E-state index contributed by atoms with van der Waals surface area (Å²) in [7, 11) is -3.87. The molecule has 1 saturated heterocycles. The summed E-state index contributed by atoms with van der Waals surface area (Å²) in [5.41, 5.74) is 1.15. The quantitative estimate of drug-likeness (QED) is 0.368. The van der Waals surface area contributed by atoms with Gasteiger partial charge in [-0.15, -0.1) is 10.2 Å². The molecule has 3 aromatic heterocycles. The Balaban J connectivity index is 1.20. The zero-order valence-corrected chi connectivity index (χ0v) is 20.7. The van der Waals surface area contributed by atoms with E-state index in [9.17, 15) is 13.2 Å². The number of hydrogen-bond donors (Lipinski definition) is 2. The Morgan fingerprint density at radius 3 is 2.54 bits per heavy atom. The minimum absolute atomic E-state index is 0.00282. The van der Waals surface area contributed by atoms with Crippen LogP contribution in [-0.4, -0.2) is 62.3 Å². The summed E-state index contributed by atoms with van der Waals surface area (Å²) >= 11 is 0. The van der Waals surface area contributed by atoms with Gasteiger partial charge in [-0.1, -0.05) is 0 Å². The van der Waals surface area contributed by atoms with Gasteiger partial charge < -0.3 is 10.2 Å². The average Bonchev–Trinajstić information content (AvgIpc) is 3.44. The van der Waals surface area contributed by atoms with E-state index >= 15 is 0 Å². The topological polar surface area (TPSA) is 161 Å². The highest BCUT2D eigenvalue weighted by Crippen LogP contribution is 2.24. The van der Waals surface area contributed by atoms with Gasteiger partial charge in [-0.3, -0.25) is 4.79 Å². The molecular weight excluding hydrogens is 496 g/mol. The maximum Gasteiger partial charge on any atom is 0.264 e. The Bertz CT molecular complexity index is 1480. The Hall–Kier alpha value is -4.46. The molecule has 0 spiro atoms. The van der Waals surface area contributed by atoms with Crippen LogP contribution < -0.4 is 14.9 Å². The van der Waals surface area contributed by atoms with Crippen LogP contribution in [0.15, 0.2) is 66.2 Å². The van der Waals surface area contributed by atoms with Crippen molar-refractivity contribution in [1.29, 1.82) is 0 Å². The molecule has 5 rings (SSSR count). The average molecular weight is 521 g/mol. The number of carbonyl (C=O) groups excluding carboxylic acids is 1. The van der Waals surface area contributed by atoms with Crippen LogP contribution in [0.1, 0.15) is 18.5 Å². The predicted octanol–water partition coefficient (Wildman–Crippen LogP) is 1.81. The number of hydrogen-bond acceptors (Lipinski definition) is 10. The second-order valence-electron chi connectivity index (χ2n) is 8.52. The van der Waals surface area contributed by atoms with E-state index in [-0.39, 0.29) is 22.7 Å². The number of amides is 1. The minimum Gasteiger partial charge on any atom is -0.354 e. The summed E-state index contributed by atoms with van der Waals surface area (Å²) in [5.74, 6) is 0.838. The number of carbonyl (C=O) groups is 1. The van der Waals surface area contributed by atoms with Crippen LogP contribution in [0.25, 0.3) is 5.82 Å². The molecule has 0 radical (unpaired) electrons. The van der Waals surface area contributed by atoms with Crippen molar-refractivity contribution >= 4 is 33.4 Å². The van der Waals surface area contributed by atoms with E-state index in [2.05, 4.69) is 40.3 Å². The summed E-state index contributed by atoms with van der Waals surface area (Å²) in [6.45, 7) is 3.01. The van der Waals surface area contributed by atoms with Crippen LogP contribution in [0.4, 0.5) is 17.5 Å². The summed E-state index contributed by atoms with van der Waals surface area (Å²) in [6, 6.07) is 11.3. The van der Waals surface area contributed by atoms with Crippen LogP contribution in [0.5, 0.6) is 0 Å². The number of nitrogens with zero attached hydrogens (tertiary/aromatic N) is 8. The summed E-state index contributed by atoms with van der Waals surface area (Å²) < 4.78 is 29.2. The lowest BCUT2D eigenvalue weighted by Gasteiger charge is -2.32. The molecule has 4 heterocycles.